The Labute approximate surface area is 109 Å². The molecular weight excluding hydrogens is 250 g/mol. The molecule has 1 aromatic carbocycles. The Morgan fingerprint density at radius 2 is 1.42 bits per heavy atom. The number of carbonyl (C=O) groups excluding carboxylic acids is 2. The van der Waals surface area contributed by atoms with Crippen molar-refractivity contribution >= 4 is 23.0 Å². The van der Waals surface area contributed by atoms with E-state index in [0.717, 1.165) is 23.2 Å². The zero-order valence-corrected chi connectivity index (χ0v) is 10.5. The number of hydrogen-bond donors (Lipinski definition) is 1. The van der Waals surface area contributed by atoms with Gasteiger partial charge in [0.15, 0.2) is 0 Å². The van der Waals surface area contributed by atoms with Gasteiger partial charge in [0, 0.05) is 12.2 Å². The standard InChI is InChI=1S/C6H5N3.C6H8O4/c1-2-4-6-5(3-1)7-9-8-6;1-9-5(7)3-4-6(8)10-2/h1-4H,(H,7,8,9);3-4H,1-2H3/b;4-3+. The summed E-state index contributed by atoms with van der Waals surface area (Å²) in [5, 5.41) is 10.3. The maximum Gasteiger partial charge on any atom is 0.330 e. The van der Waals surface area contributed by atoms with Crippen LogP contribution < -0.4 is 0 Å². The molecule has 0 saturated carbocycles. The zero-order valence-electron chi connectivity index (χ0n) is 10.5. The first-order valence-electron chi connectivity index (χ1n) is 5.27. The number of aromatic amines is 1. The molecule has 7 heteroatoms. The molecule has 100 valence electrons. The lowest BCUT2D eigenvalue weighted by molar-refractivity contribution is -0.137. The fourth-order valence-corrected chi connectivity index (χ4v) is 1.06. The molecule has 7 nitrogen and oxygen atoms in total. The highest BCUT2D eigenvalue weighted by atomic mass is 16.5. The molecule has 0 aliphatic rings. The lowest BCUT2D eigenvalue weighted by Crippen LogP contribution is -1.98. The van der Waals surface area contributed by atoms with E-state index in [-0.39, 0.29) is 0 Å². The van der Waals surface area contributed by atoms with Crippen molar-refractivity contribution in [1.82, 2.24) is 15.4 Å². The summed E-state index contributed by atoms with van der Waals surface area (Å²) >= 11 is 0. The van der Waals surface area contributed by atoms with E-state index in [1.54, 1.807) is 0 Å². The summed E-state index contributed by atoms with van der Waals surface area (Å²) in [6, 6.07) is 7.70. The van der Waals surface area contributed by atoms with Gasteiger partial charge in [-0.1, -0.05) is 12.1 Å². The highest BCUT2D eigenvalue weighted by Crippen LogP contribution is 2.03. The quantitative estimate of drug-likeness (QED) is 0.637. The van der Waals surface area contributed by atoms with Crippen LogP contribution in [0.15, 0.2) is 36.4 Å². The number of H-pyrrole nitrogens is 1. The van der Waals surface area contributed by atoms with Crippen LogP contribution in [0.25, 0.3) is 11.0 Å². The van der Waals surface area contributed by atoms with Crippen LogP contribution in [-0.4, -0.2) is 41.6 Å². The minimum Gasteiger partial charge on any atom is -0.466 e. The van der Waals surface area contributed by atoms with Crippen LogP contribution in [0.1, 0.15) is 0 Å². The smallest absolute Gasteiger partial charge is 0.330 e. The third kappa shape index (κ3) is 4.99. The van der Waals surface area contributed by atoms with Gasteiger partial charge in [0.25, 0.3) is 0 Å². The van der Waals surface area contributed by atoms with Gasteiger partial charge in [-0.05, 0) is 12.1 Å². The molecule has 1 aromatic heterocycles. The summed E-state index contributed by atoms with van der Waals surface area (Å²) in [4.78, 5) is 20.6. The highest BCUT2D eigenvalue weighted by Gasteiger charge is 1.94. The van der Waals surface area contributed by atoms with Crippen LogP contribution in [0.2, 0.25) is 0 Å². The number of benzene rings is 1. The average Bonchev–Trinajstić information content (AvgIpc) is 2.93. The van der Waals surface area contributed by atoms with Gasteiger partial charge in [0.1, 0.15) is 11.0 Å². The monoisotopic (exact) mass is 263 g/mol. The second kappa shape index (κ2) is 7.59. The third-order valence-corrected chi connectivity index (χ3v) is 1.98. The molecule has 2 aromatic rings. The number of para-hydroxylation sites is 2. The first-order valence-corrected chi connectivity index (χ1v) is 5.27. The van der Waals surface area contributed by atoms with E-state index in [1.165, 1.54) is 14.2 Å². The molecule has 0 spiro atoms. The van der Waals surface area contributed by atoms with Crippen molar-refractivity contribution in [2.45, 2.75) is 0 Å². The molecule has 0 aliphatic heterocycles. The van der Waals surface area contributed by atoms with E-state index >= 15 is 0 Å². The molecule has 0 amide bonds. The van der Waals surface area contributed by atoms with E-state index in [0.29, 0.717) is 0 Å². The van der Waals surface area contributed by atoms with Crippen molar-refractivity contribution < 1.29 is 19.1 Å². The van der Waals surface area contributed by atoms with Crippen molar-refractivity contribution in [2.75, 3.05) is 14.2 Å². The molecule has 0 atom stereocenters. The van der Waals surface area contributed by atoms with Crippen LogP contribution in [0.3, 0.4) is 0 Å². The molecule has 19 heavy (non-hydrogen) atoms. The topological polar surface area (TPSA) is 94.2 Å². The maximum absolute atomic E-state index is 10.3. The molecule has 2 rings (SSSR count). The van der Waals surface area contributed by atoms with Gasteiger partial charge in [-0.15, -0.1) is 0 Å². The summed E-state index contributed by atoms with van der Waals surface area (Å²) in [5.41, 5.74) is 1.83. The van der Waals surface area contributed by atoms with Gasteiger partial charge in [-0.3, -0.25) is 0 Å². The summed E-state index contributed by atoms with van der Waals surface area (Å²) in [6.07, 6.45) is 1.98. The van der Waals surface area contributed by atoms with Crippen LogP contribution in [-0.2, 0) is 19.1 Å². The van der Waals surface area contributed by atoms with Gasteiger partial charge in [0.05, 0.1) is 14.2 Å². The van der Waals surface area contributed by atoms with Crippen molar-refractivity contribution in [1.29, 1.82) is 0 Å². The molecule has 0 saturated heterocycles. The second-order valence-electron chi connectivity index (χ2n) is 3.19. The van der Waals surface area contributed by atoms with Gasteiger partial charge in [-0.2, -0.15) is 15.4 Å². The lowest BCUT2D eigenvalue weighted by atomic mass is 10.3. The van der Waals surface area contributed by atoms with Crippen molar-refractivity contribution in [2.24, 2.45) is 0 Å². The Morgan fingerprint density at radius 1 is 1.00 bits per heavy atom. The SMILES string of the molecule is COC(=O)/C=C/C(=O)OC.c1ccc2n[nH]nc2c1. The zero-order chi connectivity index (χ0) is 14.1. The number of methoxy groups -OCH3 is 2. The van der Waals surface area contributed by atoms with Crippen LogP contribution in [0.4, 0.5) is 0 Å². The lowest BCUT2D eigenvalue weighted by Gasteiger charge is -1.89. The summed E-state index contributed by atoms with van der Waals surface area (Å²) < 4.78 is 8.42. The molecule has 0 bridgehead atoms. The van der Waals surface area contributed by atoms with E-state index in [2.05, 4.69) is 24.9 Å². The van der Waals surface area contributed by atoms with E-state index < -0.39 is 11.9 Å². The summed E-state index contributed by atoms with van der Waals surface area (Å²) in [7, 11) is 2.45. The van der Waals surface area contributed by atoms with Crippen molar-refractivity contribution in [3.05, 3.63) is 36.4 Å². The van der Waals surface area contributed by atoms with Crippen LogP contribution >= 0.6 is 0 Å². The number of esters is 2. The van der Waals surface area contributed by atoms with Gasteiger partial charge < -0.3 is 9.47 Å². The fraction of sp³-hybridized carbons (Fsp3) is 0.167. The molecule has 1 heterocycles. The predicted molar refractivity (Wildman–Crippen MR) is 67.1 cm³/mol. The first kappa shape index (κ1) is 14.4. The largest absolute Gasteiger partial charge is 0.466 e. The number of carbonyl (C=O) groups is 2. The molecule has 0 fully saturated rings. The molecule has 1 N–H and O–H groups in total. The number of hydrogen-bond acceptors (Lipinski definition) is 6. The average molecular weight is 263 g/mol. The number of nitrogens with one attached hydrogen (secondary N) is 1. The molecule has 0 radical (unpaired) electrons. The Kier molecular flexibility index (Phi) is 5.74. The normalized spacial score (nSPS) is 9.79. The number of rotatable bonds is 2. The molecule has 0 unspecified atom stereocenters. The Hall–Kier alpha value is -2.70. The predicted octanol–water partition coefficient (Wildman–Crippen LogP) is 0.846. The number of fused-ring (bicyclic) bond motifs is 1. The van der Waals surface area contributed by atoms with Crippen molar-refractivity contribution in [3.63, 3.8) is 0 Å². The first-order chi connectivity index (χ1) is 9.17. The summed E-state index contributed by atoms with van der Waals surface area (Å²) in [6.45, 7) is 0. The Balaban J connectivity index is 0.000000190. The van der Waals surface area contributed by atoms with Crippen molar-refractivity contribution in [3.8, 4) is 0 Å². The van der Waals surface area contributed by atoms with Gasteiger partial charge in [0.2, 0.25) is 0 Å². The summed E-state index contributed by atoms with van der Waals surface area (Å²) in [5.74, 6) is -1.16. The van der Waals surface area contributed by atoms with Gasteiger partial charge in [-0.25, -0.2) is 9.59 Å². The molecule has 0 aliphatic carbocycles. The minimum absolute atomic E-state index is 0.578. The van der Waals surface area contributed by atoms with E-state index in [4.69, 9.17) is 0 Å². The highest BCUT2D eigenvalue weighted by molar-refractivity contribution is 5.91. The van der Waals surface area contributed by atoms with Crippen LogP contribution in [0.5, 0.6) is 0 Å². The maximum atomic E-state index is 10.3. The Bertz CT molecular complexity index is 529. The van der Waals surface area contributed by atoms with E-state index in [1.807, 2.05) is 24.3 Å². The number of nitrogens with zero attached hydrogens (tertiary/aromatic N) is 2. The number of ether oxygens (including phenoxy) is 2. The van der Waals surface area contributed by atoms with Gasteiger partial charge >= 0.3 is 11.9 Å². The van der Waals surface area contributed by atoms with E-state index in [9.17, 15) is 9.59 Å². The second-order valence-corrected chi connectivity index (χ2v) is 3.19. The fourth-order valence-electron chi connectivity index (χ4n) is 1.06. The molecular formula is C12H13N3O4. The minimum atomic E-state index is -0.578. The van der Waals surface area contributed by atoms with Crippen LogP contribution in [0, 0.1) is 0 Å². The number of aromatic nitrogens is 3. The third-order valence-electron chi connectivity index (χ3n) is 1.98. The Morgan fingerprint density at radius 3 is 1.79 bits per heavy atom.